The third-order valence-corrected chi connectivity index (χ3v) is 4.59. The number of nitriles is 1. The summed E-state index contributed by atoms with van der Waals surface area (Å²) in [5.41, 5.74) is 2.96. The molecule has 1 fully saturated rings. The number of hydrogen-bond acceptors (Lipinski definition) is 1. The highest BCUT2D eigenvalue weighted by Gasteiger charge is 2.38. The molecule has 1 aromatic carbocycles. The lowest BCUT2D eigenvalue weighted by Gasteiger charge is -2.39. The van der Waals surface area contributed by atoms with Gasteiger partial charge in [0.1, 0.15) is 0 Å². The predicted octanol–water partition coefficient (Wildman–Crippen LogP) is 4.65. The average Bonchev–Trinajstić information content (AvgIpc) is 2.35. The van der Waals surface area contributed by atoms with Crippen molar-refractivity contribution in [1.82, 2.24) is 0 Å². The third-order valence-electron chi connectivity index (χ3n) is 4.59. The Labute approximate surface area is 111 Å². The maximum atomic E-state index is 9.61. The molecule has 1 heteroatoms. The van der Waals surface area contributed by atoms with E-state index >= 15 is 0 Å². The van der Waals surface area contributed by atoms with Crippen molar-refractivity contribution in [2.24, 2.45) is 10.8 Å². The Hall–Kier alpha value is -1.29. The van der Waals surface area contributed by atoms with Gasteiger partial charge in [-0.1, -0.05) is 38.1 Å². The van der Waals surface area contributed by atoms with E-state index in [1.165, 1.54) is 24.0 Å². The second-order valence-corrected chi connectivity index (χ2v) is 6.66. The Balaban J connectivity index is 2.16. The molecule has 0 atom stereocenters. The van der Waals surface area contributed by atoms with Gasteiger partial charge in [-0.2, -0.15) is 5.26 Å². The van der Waals surface area contributed by atoms with Crippen molar-refractivity contribution in [1.29, 1.82) is 5.26 Å². The van der Waals surface area contributed by atoms with Crippen LogP contribution in [0.1, 0.15) is 50.7 Å². The molecule has 1 saturated carbocycles. The largest absolute Gasteiger partial charge is 0.198 e. The van der Waals surface area contributed by atoms with Crippen molar-refractivity contribution >= 4 is 0 Å². The van der Waals surface area contributed by atoms with Crippen LogP contribution >= 0.6 is 0 Å². The van der Waals surface area contributed by atoms with Gasteiger partial charge in [-0.25, -0.2) is 0 Å². The summed E-state index contributed by atoms with van der Waals surface area (Å²) in [6.07, 6.45) is 5.36. The van der Waals surface area contributed by atoms with Crippen molar-refractivity contribution in [3.8, 4) is 6.07 Å². The van der Waals surface area contributed by atoms with Crippen molar-refractivity contribution in [3.05, 3.63) is 35.4 Å². The number of nitrogens with zero attached hydrogens (tertiary/aromatic N) is 1. The Morgan fingerprint density at radius 2 is 1.72 bits per heavy atom. The van der Waals surface area contributed by atoms with E-state index in [1.54, 1.807) is 0 Å². The molecule has 96 valence electrons. The van der Waals surface area contributed by atoms with Crippen LogP contribution < -0.4 is 0 Å². The van der Waals surface area contributed by atoms with E-state index in [-0.39, 0.29) is 5.41 Å². The maximum Gasteiger partial charge on any atom is 0.0693 e. The lowest BCUT2D eigenvalue weighted by atomic mass is 9.63. The Morgan fingerprint density at radius 1 is 1.11 bits per heavy atom. The van der Waals surface area contributed by atoms with E-state index in [0.29, 0.717) is 5.41 Å². The molecule has 0 aliphatic heterocycles. The number of aryl methyl sites for hydroxylation is 1. The molecule has 0 amide bonds. The molecule has 2 rings (SSSR count). The van der Waals surface area contributed by atoms with Crippen LogP contribution in [0, 0.1) is 29.1 Å². The van der Waals surface area contributed by atoms with Crippen LogP contribution in [0.5, 0.6) is 0 Å². The van der Waals surface area contributed by atoms with Crippen LogP contribution in [0.15, 0.2) is 24.3 Å². The van der Waals surface area contributed by atoms with Crippen LogP contribution in [-0.2, 0) is 6.42 Å². The van der Waals surface area contributed by atoms with Crippen molar-refractivity contribution in [2.75, 3.05) is 0 Å². The molecule has 0 N–H and O–H groups in total. The molecule has 1 aromatic rings. The first-order valence-corrected chi connectivity index (χ1v) is 6.92. The minimum atomic E-state index is -0.123. The summed E-state index contributed by atoms with van der Waals surface area (Å²) in [6.45, 7) is 6.79. The zero-order chi connectivity index (χ0) is 13.2. The van der Waals surface area contributed by atoms with Gasteiger partial charge in [-0.3, -0.25) is 0 Å². The van der Waals surface area contributed by atoms with E-state index < -0.39 is 0 Å². The molecule has 0 saturated heterocycles. The second kappa shape index (κ2) is 4.76. The fourth-order valence-electron chi connectivity index (χ4n) is 2.91. The van der Waals surface area contributed by atoms with E-state index in [2.05, 4.69) is 51.1 Å². The molecule has 1 nitrogen and oxygen atoms in total. The summed E-state index contributed by atoms with van der Waals surface area (Å²) in [7, 11) is 0. The van der Waals surface area contributed by atoms with Gasteiger partial charge in [0.25, 0.3) is 0 Å². The van der Waals surface area contributed by atoms with E-state index in [4.69, 9.17) is 0 Å². The predicted molar refractivity (Wildman–Crippen MR) is 75.2 cm³/mol. The zero-order valence-corrected chi connectivity index (χ0v) is 11.8. The molecule has 0 bridgehead atoms. The minimum absolute atomic E-state index is 0.123. The fourth-order valence-corrected chi connectivity index (χ4v) is 2.91. The topological polar surface area (TPSA) is 23.8 Å². The number of rotatable bonds is 2. The lowest BCUT2D eigenvalue weighted by molar-refractivity contribution is 0.146. The van der Waals surface area contributed by atoms with E-state index in [0.717, 1.165) is 19.3 Å². The quantitative estimate of drug-likeness (QED) is 0.739. The van der Waals surface area contributed by atoms with Gasteiger partial charge in [0.15, 0.2) is 0 Å². The summed E-state index contributed by atoms with van der Waals surface area (Å²) >= 11 is 0. The Kier molecular flexibility index (Phi) is 3.48. The molecular formula is C17H23N. The normalized spacial score (nSPS) is 21.2. The van der Waals surface area contributed by atoms with Crippen molar-refractivity contribution in [3.63, 3.8) is 0 Å². The maximum absolute atomic E-state index is 9.61. The van der Waals surface area contributed by atoms with Crippen molar-refractivity contribution in [2.45, 2.75) is 52.9 Å². The van der Waals surface area contributed by atoms with Crippen LogP contribution in [0.3, 0.4) is 0 Å². The van der Waals surface area contributed by atoms with Crippen LogP contribution in [0.2, 0.25) is 0 Å². The Bertz CT molecular complexity index is 455. The first kappa shape index (κ1) is 13.1. The van der Waals surface area contributed by atoms with Gasteiger partial charge in [0.05, 0.1) is 11.5 Å². The van der Waals surface area contributed by atoms with Gasteiger partial charge in [-0.05, 0) is 55.6 Å². The Morgan fingerprint density at radius 3 is 2.28 bits per heavy atom. The zero-order valence-electron chi connectivity index (χ0n) is 11.8. The van der Waals surface area contributed by atoms with Crippen molar-refractivity contribution < 1.29 is 0 Å². The molecule has 0 spiro atoms. The van der Waals surface area contributed by atoms with Gasteiger partial charge >= 0.3 is 0 Å². The lowest BCUT2D eigenvalue weighted by Crippen LogP contribution is -2.32. The van der Waals surface area contributed by atoms with Crippen LogP contribution in [0.25, 0.3) is 0 Å². The number of hydrogen-bond donors (Lipinski definition) is 0. The standard InChI is InChI=1S/C17H23N/c1-14-6-4-5-7-15(14)12-17(13-18)10-8-16(2,3)9-11-17/h4-7H,8-12H2,1-3H3. The molecule has 1 aliphatic rings. The molecule has 0 heterocycles. The molecule has 0 radical (unpaired) electrons. The number of benzene rings is 1. The third kappa shape index (κ3) is 2.75. The molecule has 1 aliphatic carbocycles. The molecule has 18 heavy (non-hydrogen) atoms. The molecular weight excluding hydrogens is 218 g/mol. The average molecular weight is 241 g/mol. The SMILES string of the molecule is Cc1ccccc1CC1(C#N)CCC(C)(C)CC1. The first-order chi connectivity index (χ1) is 8.46. The van der Waals surface area contributed by atoms with Gasteiger partial charge in [0.2, 0.25) is 0 Å². The smallest absolute Gasteiger partial charge is 0.0693 e. The van der Waals surface area contributed by atoms with Crippen LogP contribution in [0.4, 0.5) is 0 Å². The highest BCUT2D eigenvalue weighted by molar-refractivity contribution is 5.28. The van der Waals surface area contributed by atoms with Gasteiger partial charge < -0.3 is 0 Å². The monoisotopic (exact) mass is 241 g/mol. The fraction of sp³-hybridized carbons (Fsp3) is 0.588. The van der Waals surface area contributed by atoms with E-state index in [1.807, 2.05) is 0 Å². The summed E-state index contributed by atoms with van der Waals surface area (Å²) in [5, 5.41) is 9.61. The molecule has 0 unspecified atom stereocenters. The van der Waals surface area contributed by atoms with Gasteiger partial charge in [0, 0.05) is 0 Å². The summed E-state index contributed by atoms with van der Waals surface area (Å²) < 4.78 is 0. The van der Waals surface area contributed by atoms with E-state index in [9.17, 15) is 5.26 Å². The summed E-state index contributed by atoms with van der Waals surface area (Å²) in [5.74, 6) is 0. The minimum Gasteiger partial charge on any atom is -0.198 e. The summed E-state index contributed by atoms with van der Waals surface area (Å²) in [6, 6.07) is 11.1. The van der Waals surface area contributed by atoms with Gasteiger partial charge in [-0.15, -0.1) is 0 Å². The second-order valence-electron chi connectivity index (χ2n) is 6.66. The first-order valence-electron chi connectivity index (χ1n) is 6.92. The summed E-state index contributed by atoms with van der Waals surface area (Å²) in [4.78, 5) is 0. The molecule has 0 aromatic heterocycles. The van der Waals surface area contributed by atoms with Crippen LogP contribution in [-0.4, -0.2) is 0 Å². The highest BCUT2D eigenvalue weighted by atomic mass is 14.4. The highest BCUT2D eigenvalue weighted by Crippen LogP contribution is 2.46.